The van der Waals surface area contributed by atoms with Crippen molar-refractivity contribution in [3.05, 3.63) is 41.5 Å². The summed E-state index contributed by atoms with van der Waals surface area (Å²) >= 11 is 0. The van der Waals surface area contributed by atoms with Crippen LogP contribution in [-0.2, 0) is 25.6 Å². The van der Waals surface area contributed by atoms with E-state index in [0.717, 1.165) is 24.7 Å². The molecule has 26 heavy (non-hydrogen) atoms. The fourth-order valence-electron chi connectivity index (χ4n) is 4.17. The van der Waals surface area contributed by atoms with Crippen molar-refractivity contribution in [2.75, 3.05) is 0 Å². The number of hydrogen-bond acceptors (Lipinski definition) is 4. The van der Waals surface area contributed by atoms with Crippen molar-refractivity contribution in [1.82, 2.24) is 0 Å². The van der Waals surface area contributed by atoms with E-state index in [9.17, 15) is 8.42 Å². The van der Waals surface area contributed by atoms with Crippen molar-refractivity contribution >= 4 is 22.4 Å². The van der Waals surface area contributed by atoms with E-state index >= 15 is 0 Å². The van der Waals surface area contributed by atoms with Crippen molar-refractivity contribution in [3.63, 3.8) is 0 Å². The molecule has 3 heterocycles. The summed E-state index contributed by atoms with van der Waals surface area (Å²) in [4.78, 5) is 0. The Hall–Kier alpha value is -1.11. The molecule has 4 rings (SSSR count). The Morgan fingerprint density at radius 2 is 1.81 bits per heavy atom. The summed E-state index contributed by atoms with van der Waals surface area (Å²) in [5, 5.41) is -0.429. The largest absolute Gasteiger partial charge is 0.494 e. The van der Waals surface area contributed by atoms with Crippen LogP contribution in [0.2, 0.25) is 0 Å². The van der Waals surface area contributed by atoms with E-state index in [4.69, 9.17) is 9.31 Å². The van der Waals surface area contributed by atoms with E-state index in [1.807, 2.05) is 18.2 Å². The van der Waals surface area contributed by atoms with Crippen molar-refractivity contribution < 1.29 is 17.7 Å². The maximum absolute atomic E-state index is 12.2. The van der Waals surface area contributed by atoms with Gasteiger partial charge in [-0.25, -0.2) is 8.42 Å². The predicted octanol–water partition coefficient (Wildman–Crippen LogP) is 2.80. The molecule has 2 saturated heterocycles. The first kappa shape index (κ1) is 18.3. The molecule has 0 saturated carbocycles. The van der Waals surface area contributed by atoms with Gasteiger partial charge in [-0.3, -0.25) is 0 Å². The van der Waals surface area contributed by atoms with Crippen LogP contribution in [0.25, 0.3) is 0 Å². The van der Waals surface area contributed by atoms with Crippen LogP contribution in [-0.4, -0.2) is 37.2 Å². The van der Waals surface area contributed by atoms with Gasteiger partial charge in [0.15, 0.2) is 9.84 Å². The van der Waals surface area contributed by atoms with Crippen LogP contribution in [0.1, 0.15) is 52.5 Å². The highest BCUT2D eigenvalue weighted by Gasteiger charge is 2.51. The number of allylic oxidation sites excluding steroid dienone is 1. The van der Waals surface area contributed by atoms with Gasteiger partial charge in [0, 0.05) is 0 Å². The molecule has 1 aromatic rings. The molecule has 0 aromatic heterocycles. The van der Waals surface area contributed by atoms with Crippen molar-refractivity contribution in [3.8, 4) is 0 Å². The lowest BCUT2D eigenvalue weighted by atomic mass is 9.78. The standard InChI is InChI=1S/C20H27BO4S/c1-19(2)20(3,4)25-21(24-19)16-7-5-6-14(11-16)10-15-12-17-8-9-18(13-15)26(17,22)23/h5-7,11-12,17-18H,8-10,13H2,1-4H3. The molecule has 2 fully saturated rings. The second-order valence-corrected chi connectivity index (χ2v) is 11.3. The number of hydrogen-bond donors (Lipinski definition) is 0. The first-order valence-electron chi connectivity index (χ1n) is 9.45. The highest BCUT2D eigenvalue weighted by Crippen LogP contribution is 2.39. The topological polar surface area (TPSA) is 52.6 Å². The van der Waals surface area contributed by atoms with E-state index in [0.29, 0.717) is 6.42 Å². The van der Waals surface area contributed by atoms with Crippen molar-refractivity contribution in [2.45, 2.75) is 75.1 Å². The Morgan fingerprint density at radius 1 is 1.12 bits per heavy atom. The highest BCUT2D eigenvalue weighted by molar-refractivity contribution is 7.93. The average molecular weight is 374 g/mol. The molecule has 2 bridgehead atoms. The van der Waals surface area contributed by atoms with Crippen LogP contribution in [0.4, 0.5) is 0 Å². The lowest BCUT2D eigenvalue weighted by molar-refractivity contribution is 0.00578. The quantitative estimate of drug-likeness (QED) is 0.603. The van der Waals surface area contributed by atoms with Crippen LogP contribution in [0.15, 0.2) is 35.9 Å². The number of fused-ring (bicyclic) bond motifs is 2. The molecule has 1 aromatic carbocycles. The molecule has 4 nitrogen and oxygen atoms in total. The van der Waals surface area contributed by atoms with Crippen LogP contribution < -0.4 is 5.46 Å². The van der Waals surface area contributed by atoms with Crippen molar-refractivity contribution in [1.29, 1.82) is 0 Å². The van der Waals surface area contributed by atoms with Gasteiger partial charge in [-0.2, -0.15) is 0 Å². The van der Waals surface area contributed by atoms with Gasteiger partial charge in [0.05, 0.1) is 21.7 Å². The monoisotopic (exact) mass is 374 g/mol. The van der Waals surface area contributed by atoms with Gasteiger partial charge in [-0.15, -0.1) is 0 Å². The fourth-order valence-corrected chi connectivity index (χ4v) is 6.42. The third-order valence-electron chi connectivity index (χ3n) is 6.48. The molecule has 0 radical (unpaired) electrons. The van der Waals surface area contributed by atoms with E-state index in [2.05, 4.69) is 39.8 Å². The maximum atomic E-state index is 12.2. The maximum Gasteiger partial charge on any atom is 0.494 e. The Morgan fingerprint density at radius 3 is 2.46 bits per heavy atom. The minimum Gasteiger partial charge on any atom is -0.399 e. The first-order chi connectivity index (χ1) is 12.1. The van der Waals surface area contributed by atoms with Gasteiger partial charge in [-0.1, -0.05) is 35.9 Å². The normalized spacial score (nSPS) is 31.1. The second kappa shape index (κ2) is 5.95. The summed E-state index contributed by atoms with van der Waals surface area (Å²) in [6.07, 6.45) is 5.07. The highest BCUT2D eigenvalue weighted by atomic mass is 32.2. The van der Waals surface area contributed by atoms with E-state index in [1.165, 1.54) is 11.1 Å². The summed E-state index contributed by atoms with van der Waals surface area (Å²) in [5.74, 6) is 0. The Kier molecular flexibility index (Phi) is 4.18. The molecule has 2 unspecified atom stereocenters. The molecule has 3 aliphatic heterocycles. The van der Waals surface area contributed by atoms with Gasteiger partial charge in [0.2, 0.25) is 0 Å². The molecule has 0 N–H and O–H groups in total. The molecular weight excluding hydrogens is 347 g/mol. The molecule has 140 valence electrons. The summed E-state index contributed by atoms with van der Waals surface area (Å²) in [6.45, 7) is 8.22. The number of benzene rings is 1. The van der Waals surface area contributed by atoms with Crippen LogP contribution in [0.5, 0.6) is 0 Å². The zero-order valence-corrected chi connectivity index (χ0v) is 16.8. The molecule has 0 spiro atoms. The number of sulfone groups is 1. The average Bonchev–Trinajstić information content (AvgIpc) is 2.83. The zero-order valence-electron chi connectivity index (χ0n) is 16.0. The Bertz CT molecular complexity index is 840. The van der Waals surface area contributed by atoms with Gasteiger partial charge >= 0.3 is 7.12 Å². The van der Waals surface area contributed by atoms with E-state index < -0.39 is 9.84 Å². The van der Waals surface area contributed by atoms with E-state index in [1.54, 1.807) is 0 Å². The lowest BCUT2D eigenvalue weighted by Gasteiger charge is -2.32. The minimum absolute atomic E-state index is 0.168. The molecule has 0 aliphatic carbocycles. The molecule has 6 heteroatoms. The molecular formula is C20H27BO4S. The third kappa shape index (κ3) is 2.96. The second-order valence-electron chi connectivity index (χ2n) is 8.87. The van der Waals surface area contributed by atoms with Crippen LogP contribution in [0.3, 0.4) is 0 Å². The SMILES string of the molecule is CC1(C)OB(c2cccc(CC3=CC4CCC(C3)S4(=O)=O)c2)OC1(C)C. The lowest BCUT2D eigenvalue weighted by Crippen LogP contribution is -2.41. The van der Waals surface area contributed by atoms with Gasteiger partial charge in [0.25, 0.3) is 0 Å². The van der Waals surface area contributed by atoms with Crippen LogP contribution >= 0.6 is 0 Å². The Labute approximate surface area is 157 Å². The van der Waals surface area contributed by atoms with Gasteiger partial charge in [-0.05, 0) is 64.4 Å². The third-order valence-corrected chi connectivity index (χ3v) is 9.03. The van der Waals surface area contributed by atoms with E-state index in [-0.39, 0.29) is 28.8 Å². The van der Waals surface area contributed by atoms with Gasteiger partial charge in [0.1, 0.15) is 0 Å². The predicted molar refractivity (Wildman–Crippen MR) is 104 cm³/mol. The smallest absolute Gasteiger partial charge is 0.399 e. The summed E-state index contributed by atoms with van der Waals surface area (Å²) < 4.78 is 36.8. The fraction of sp³-hybridized carbons (Fsp3) is 0.600. The van der Waals surface area contributed by atoms with Crippen molar-refractivity contribution in [2.24, 2.45) is 0 Å². The molecule has 0 amide bonds. The first-order valence-corrected chi connectivity index (χ1v) is 11.1. The summed E-state index contributed by atoms with van der Waals surface area (Å²) in [7, 11) is -3.28. The minimum atomic E-state index is -2.92. The number of rotatable bonds is 3. The molecule has 3 aliphatic rings. The zero-order chi connectivity index (χ0) is 18.7. The summed E-state index contributed by atoms with van der Waals surface area (Å²) in [5.41, 5.74) is 2.74. The van der Waals surface area contributed by atoms with Gasteiger partial charge < -0.3 is 9.31 Å². The van der Waals surface area contributed by atoms with Crippen LogP contribution in [0, 0.1) is 0 Å². The Balaban J connectivity index is 1.53. The summed E-state index contributed by atoms with van der Waals surface area (Å²) in [6, 6.07) is 8.30. The molecule has 2 atom stereocenters.